The summed E-state index contributed by atoms with van der Waals surface area (Å²) in [6.07, 6.45) is 1.55. The van der Waals surface area contributed by atoms with Crippen molar-refractivity contribution >= 4 is 23.3 Å². The molecule has 0 aliphatic rings. The Morgan fingerprint density at radius 2 is 1.57 bits per heavy atom. The van der Waals surface area contributed by atoms with Crippen LogP contribution in [0.1, 0.15) is 11.3 Å². The smallest absolute Gasteiger partial charge is 0.319 e. The molecule has 28 heavy (non-hydrogen) atoms. The lowest BCUT2D eigenvalue weighted by Crippen LogP contribution is -2.28. The normalized spacial score (nSPS) is 10.3. The zero-order valence-electron chi connectivity index (χ0n) is 15.2. The highest BCUT2D eigenvalue weighted by Gasteiger charge is 2.05. The number of benzene rings is 2. The van der Waals surface area contributed by atoms with Crippen molar-refractivity contribution < 1.29 is 18.7 Å². The number of hydrogen-bond acceptors (Lipinski definition) is 4. The third-order valence-electron chi connectivity index (χ3n) is 3.77. The van der Waals surface area contributed by atoms with Gasteiger partial charge in [0.15, 0.2) is 0 Å². The third kappa shape index (κ3) is 6.30. The second-order valence-electron chi connectivity index (χ2n) is 5.99. The highest BCUT2D eigenvalue weighted by atomic mass is 16.5. The van der Waals surface area contributed by atoms with E-state index < -0.39 is 0 Å². The van der Waals surface area contributed by atoms with Gasteiger partial charge >= 0.3 is 6.03 Å². The number of hydrogen-bond donors (Lipinski definition) is 3. The predicted molar refractivity (Wildman–Crippen MR) is 106 cm³/mol. The minimum Gasteiger partial charge on any atom is -0.467 e. The van der Waals surface area contributed by atoms with E-state index in [0.29, 0.717) is 30.3 Å². The number of urea groups is 1. The SMILES string of the molecule is O=C(COCc1ccccc1)Nc1ccc(NC(=O)NCc2ccco2)cc1. The number of amides is 3. The van der Waals surface area contributed by atoms with Crippen molar-refractivity contribution in [1.82, 2.24) is 5.32 Å². The monoisotopic (exact) mass is 379 g/mol. The molecule has 0 radical (unpaired) electrons. The van der Waals surface area contributed by atoms with E-state index in [1.807, 2.05) is 30.3 Å². The van der Waals surface area contributed by atoms with Crippen LogP contribution >= 0.6 is 0 Å². The third-order valence-corrected chi connectivity index (χ3v) is 3.77. The fourth-order valence-corrected chi connectivity index (χ4v) is 2.43. The highest BCUT2D eigenvalue weighted by molar-refractivity contribution is 5.93. The molecule has 0 bridgehead atoms. The lowest BCUT2D eigenvalue weighted by atomic mass is 10.2. The fourth-order valence-electron chi connectivity index (χ4n) is 2.43. The molecule has 3 aromatic rings. The Labute approximate surface area is 162 Å². The number of nitrogens with one attached hydrogen (secondary N) is 3. The summed E-state index contributed by atoms with van der Waals surface area (Å²) in [5, 5.41) is 8.14. The molecule has 0 fully saturated rings. The van der Waals surface area contributed by atoms with Crippen molar-refractivity contribution in [2.75, 3.05) is 17.2 Å². The summed E-state index contributed by atoms with van der Waals surface area (Å²) >= 11 is 0. The van der Waals surface area contributed by atoms with Gasteiger partial charge in [-0.15, -0.1) is 0 Å². The van der Waals surface area contributed by atoms with Crippen molar-refractivity contribution in [3.8, 4) is 0 Å². The molecule has 0 aliphatic carbocycles. The molecule has 0 atom stereocenters. The van der Waals surface area contributed by atoms with Gasteiger partial charge in [0, 0.05) is 11.4 Å². The number of rotatable bonds is 8. The molecule has 0 saturated heterocycles. The molecule has 0 aliphatic heterocycles. The Kier molecular flexibility index (Phi) is 6.81. The first-order valence-electron chi connectivity index (χ1n) is 8.78. The van der Waals surface area contributed by atoms with Gasteiger partial charge in [-0.05, 0) is 42.0 Å². The minimum absolute atomic E-state index is 0.0376. The van der Waals surface area contributed by atoms with Crippen LogP contribution in [0.5, 0.6) is 0 Å². The number of carbonyl (C=O) groups is 2. The maximum Gasteiger partial charge on any atom is 0.319 e. The molecular weight excluding hydrogens is 358 g/mol. The molecular formula is C21H21N3O4. The van der Waals surface area contributed by atoms with Crippen LogP contribution in [0.25, 0.3) is 0 Å². The van der Waals surface area contributed by atoms with Crippen molar-refractivity contribution in [1.29, 1.82) is 0 Å². The van der Waals surface area contributed by atoms with Gasteiger partial charge in [0.05, 0.1) is 19.4 Å². The van der Waals surface area contributed by atoms with E-state index in [-0.39, 0.29) is 18.5 Å². The molecule has 0 saturated carbocycles. The summed E-state index contributed by atoms with van der Waals surface area (Å²) in [5.41, 5.74) is 2.24. The Hall–Kier alpha value is -3.58. The van der Waals surface area contributed by atoms with E-state index in [1.54, 1.807) is 42.7 Å². The Morgan fingerprint density at radius 3 is 2.25 bits per heavy atom. The summed E-state index contributed by atoms with van der Waals surface area (Å²) in [6.45, 7) is 0.643. The standard InChI is InChI=1S/C21H21N3O4/c25-20(15-27-14-16-5-2-1-3-6-16)23-17-8-10-18(11-9-17)24-21(26)22-13-19-7-4-12-28-19/h1-12H,13-15H2,(H,23,25)(H2,22,24,26). The van der Waals surface area contributed by atoms with Crippen LogP contribution in [0, 0.1) is 0 Å². The van der Waals surface area contributed by atoms with Crippen LogP contribution in [-0.2, 0) is 22.7 Å². The Bertz CT molecular complexity index is 878. The van der Waals surface area contributed by atoms with Gasteiger partial charge in [0.2, 0.25) is 5.91 Å². The average molecular weight is 379 g/mol. The summed E-state index contributed by atoms with van der Waals surface area (Å²) in [6, 6.07) is 19.7. The van der Waals surface area contributed by atoms with E-state index in [9.17, 15) is 9.59 Å². The van der Waals surface area contributed by atoms with Crippen LogP contribution in [0.4, 0.5) is 16.2 Å². The number of ether oxygens (including phenoxy) is 1. The second-order valence-corrected chi connectivity index (χ2v) is 5.99. The quantitative estimate of drug-likeness (QED) is 0.556. The molecule has 3 N–H and O–H groups in total. The van der Waals surface area contributed by atoms with E-state index in [1.165, 1.54) is 0 Å². The van der Waals surface area contributed by atoms with Crippen molar-refractivity contribution in [3.63, 3.8) is 0 Å². The Morgan fingerprint density at radius 1 is 0.857 bits per heavy atom. The first kappa shape index (κ1) is 19.2. The lowest BCUT2D eigenvalue weighted by molar-refractivity contribution is -0.121. The predicted octanol–water partition coefficient (Wildman–Crippen LogP) is 3.76. The molecule has 1 aromatic heterocycles. The van der Waals surface area contributed by atoms with Gasteiger partial charge in [-0.1, -0.05) is 30.3 Å². The van der Waals surface area contributed by atoms with E-state index in [4.69, 9.17) is 9.15 Å². The molecule has 3 rings (SSSR count). The molecule has 0 unspecified atom stereocenters. The van der Waals surface area contributed by atoms with Gasteiger partial charge in [0.1, 0.15) is 12.4 Å². The summed E-state index contributed by atoms with van der Waals surface area (Å²) in [5.74, 6) is 0.426. The van der Waals surface area contributed by atoms with Crippen LogP contribution in [0.3, 0.4) is 0 Å². The van der Waals surface area contributed by atoms with Crippen molar-refractivity contribution in [2.45, 2.75) is 13.2 Å². The molecule has 0 spiro atoms. The molecule has 2 aromatic carbocycles. The highest BCUT2D eigenvalue weighted by Crippen LogP contribution is 2.13. The molecule has 1 heterocycles. The summed E-state index contributed by atoms with van der Waals surface area (Å²) in [7, 11) is 0. The topological polar surface area (TPSA) is 92.6 Å². The van der Waals surface area contributed by atoms with Gasteiger partial charge in [0.25, 0.3) is 0 Å². The largest absolute Gasteiger partial charge is 0.467 e. The average Bonchev–Trinajstić information content (AvgIpc) is 3.22. The molecule has 3 amide bonds. The van der Waals surface area contributed by atoms with E-state index in [2.05, 4.69) is 16.0 Å². The van der Waals surface area contributed by atoms with E-state index in [0.717, 1.165) is 5.56 Å². The van der Waals surface area contributed by atoms with Crippen LogP contribution in [0.15, 0.2) is 77.4 Å². The maximum atomic E-state index is 11.9. The minimum atomic E-state index is -0.345. The van der Waals surface area contributed by atoms with Crippen LogP contribution < -0.4 is 16.0 Å². The molecule has 144 valence electrons. The fraction of sp³-hybridized carbons (Fsp3) is 0.143. The first-order valence-corrected chi connectivity index (χ1v) is 8.78. The van der Waals surface area contributed by atoms with Crippen molar-refractivity contribution in [2.24, 2.45) is 0 Å². The van der Waals surface area contributed by atoms with Gasteiger partial charge in [-0.2, -0.15) is 0 Å². The number of carbonyl (C=O) groups excluding carboxylic acids is 2. The zero-order chi connectivity index (χ0) is 19.6. The van der Waals surface area contributed by atoms with Crippen LogP contribution in [-0.4, -0.2) is 18.5 Å². The lowest BCUT2D eigenvalue weighted by Gasteiger charge is -2.09. The molecule has 7 nitrogen and oxygen atoms in total. The number of furan rings is 1. The Balaban J connectivity index is 1.38. The van der Waals surface area contributed by atoms with E-state index >= 15 is 0 Å². The van der Waals surface area contributed by atoms with Crippen LogP contribution in [0.2, 0.25) is 0 Å². The summed E-state index contributed by atoms with van der Waals surface area (Å²) in [4.78, 5) is 23.8. The van der Waals surface area contributed by atoms with Gasteiger partial charge in [-0.25, -0.2) is 4.79 Å². The van der Waals surface area contributed by atoms with Gasteiger partial charge in [-0.3, -0.25) is 4.79 Å². The second kappa shape index (κ2) is 9.94. The maximum absolute atomic E-state index is 11.9. The first-order chi connectivity index (χ1) is 13.7. The summed E-state index contributed by atoms with van der Waals surface area (Å²) < 4.78 is 10.5. The van der Waals surface area contributed by atoms with Crippen molar-refractivity contribution in [3.05, 3.63) is 84.3 Å². The zero-order valence-corrected chi connectivity index (χ0v) is 15.2. The number of anilines is 2. The van der Waals surface area contributed by atoms with Gasteiger partial charge < -0.3 is 25.1 Å². The molecule has 7 heteroatoms.